The number of anilines is 1. The van der Waals surface area contributed by atoms with Crippen molar-refractivity contribution in [3.63, 3.8) is 0 Å². The van der Waals surface area contributed by atoms with Crippen molar-refractivity contribution in [1.82, 2.24) is 4.98 Å². The molecule has 0 amide bonds. The van der Waals surface area contributed by atoms with Gasteiger partial charge in [-0.15, -0.1) is 11.3 Å². The number of hydrogen-bond donors (Lipinski definition) is 1. The van der Waals surface area contributed by atoms with Crippen molar-refractivity contribution in [1.29, 1.82) is 0 Å². The molecule has 0 aliphatic rings. The van der Waals surface area contributed by atoms with Crippen molar-refractivity contribution in [2.45, 2.75) is 6.42 Å². The summed E-state index contributed by atoms with van der Waals surface area (Å²) in [6.07, 6.45) is 0.589. The van der Waals surface area contributed by atoms with Crippen LogP contribution in [-0.4, -0.2) is 4.98 Å². The molecule has 0 spiro atoms. The quantitative estimate of drug-likeness (QED) is 0.921. The second-order valence-electron chi connectivity index (χ2n) is 3.09. The summed E-state index contributed by atoms with van der Waals surface area (Å²) in [5, 5.41) is 2.42. The summed E-state index contributed by atoms with van der Waals surface area (Å²) in [6, 6.07) is 4.61. The minimum absolute atomic E-state index is 0.239. The third-order valence-electron chi connectivity index (χ3n) is 1.95. The third kappa shape index (κ3) is 2.54. The second-order valence-corrected chi connectivity index (χ2v) is 4.83. The molecule has 1 heterocycles. The predicted molar refractivity (Wildman–Crippen MR) is 63.4 cm³/mol. The SMILES string of the molecule is Nc1nc(Cc2cc(F)ccc2Br)cs1. The first-order chi connectivity index (χ1) is 7.15. The minimum Gasteiger partial charge on any atom is -0.375 e. The zero-order chi connectivity index (χ0) is 10.8. The van der Waals surface area contributed by atoms with Crippen LogP contribution in [0.4, 0.5) is 9.52 Å². The summed E-state index contributed by atoms with van der Waals surface area (Å²) in [5.74, 6) is -0.239. The second kappa shape index (κ2) is 4.28. The van der Waals surface area contributed by atoms with Crippen molar-refractivity contribution in [3.05, 3.63) is 45.1 Å². The van der Waals surface area contributed by atoms with E-state index in [2.05, 4.69) is 20.9 Å². The molecule has 0 bridgehead atoms. The van der Waals surface area contributed by atoms with E-state index in [0.717, 1.165) is 15.7 Å². The maximum Gasteiger partial charge on any atom is 0.180 e. The number of nitrogens with two attached hydrogens (primary N) is 1. The van der Waals surface area contributed by atoms with E-state index in [1.165, 1.54) is 23.5 Å². The average Bonchev–Trinajstić information content (AvgIpc) is 2.58. The molecule has 2 aromatic rings. The molecule has 5 heteroatoms. The first-order valence-corrected chi connectivity index (χ1v) is 5.96. The molecule has 0 saturated carbocycles. The molecule has 0 atom stereocenters. The zero-order valence-electron chi connectivity index (χ0n) is 7.71. The molecule has 0 unspecified atom stereocenters. The standard InChI is InChI=1S/C10H8BrFN2S/c11-9-2-1-7(12)3-6(9)4-8-5-15-10(13)14-8/h1-3,5H,4H2,(H2,13,14). The maximum atomic E-state index is 13.0. The molecule has 0 fully saturated rings. The van der Waals surface area contributed by atoms with Gasteiger partial charge in [-0.1, -0.05) is 15.9 Å². The number of aromatic nitrogens is 1. The molecular weight excluding hydrogens is 279 g/mol. The summed E-state index contributed by atoms with van der Waals surface area (Å²) in [6.45, 7) is 0. The topological polar surface area (TPSA) is 38.9 Å². The van der Waals surface area contributed by atoms with E-state index in [1.807, 2.05) is 5.38 Å². The summed E-state index contributed by atoms with van der Waals surface area (Å²) < 4.78 is 13.9. The molecule has 2 nitrogen and oxygen atoms in total. The normalized spacial score (nSPS) is 10.5. The van der Waals surface area contributed by atoms with Gasteiger partial charge in [0.05, 0.1) is 5.69 Å². The Labute approximate surface area is 99.1 Å². The van der Waals surface area contributed by atoms with Crippen LogP contribution in [0.3, 0.4) is 0 Å². The Bertz CT molecular complexity index is 484. The fraction of sp³-hybridized carbons (Fsp3) is 0.100. The lowest BCUT2D eigenvalue weighted by molar-refractivity contribution is 0.625. The average molecular weight is 287 g/mol. The number of nitrogen functional groups attached to an aromatic ring is 1. The highest BCUT2D eigenvalue weighted by Gasteiger charge is 2.05. The van der Waals surface area contributed by atoms with Crippen LogP contribution >= 0.6 is 27.3 Å². The molecule has 0 radical (unpaired) electrons. The number of thiazole rings is 1. The highest BCUT2D eigenvalue weighted by atomic mass is 79.9. The lowest BCUT2D eigenvalue weighted by atomic mass is 10.1. The van der Waals surface area contributed by atoms with Crippen LogP contribution in [0.1, 0.15) is 11.3 Å². The van der Waals surface area contributed by atoms with Gasteiger partial charge in [0.2, 0.25) is 0 Å². The van der Waals surface area contributed by atoms with E-state index in [4.69, 9.17) is 5.73 Å². The first-order valence-electron chi connectivity index (χ1n) is 4.29. The number of benzene rings is 1. The number of rotatable bonds is 2. The Morgan fingerprint density at radius 2 is 2.27 bits per heavy atom. The van der Waals surface area contributed by atoms with Crippen LogP contribution in [0, 0.1) is 5.82 Å². The number of nitrogens with zero attached hydrogens (tertiary/aromatic N) is 1. The molecule has 0 saturated heterocycles. The fourth-order valence-electron chi connectivity index (χ4n) is 1.28. The lowest BCUT2D eigenvalue weighted by Crippen LogP contribution is -1.92. The van der Waals surface area contributed by atoms with E-state index < -0.39 is 0 Å². The predicted octanol–water partition coefficient (Wildman–Crippen LogP) is 3.22. The van der Waals surface area contributed by atoms with Gasteiger partial charge in [-0.2, -0.15) is 0 Å². The van der Waals surface area contributed by atoms with Gasteiger partial charge in [0.25, 0.3) is 0 Å². The smallest absolute Gasteiger partial charge is 0.180 e. The summed E-state index contributed by atoms with van der Waals surface area (Å²) in [4.78, 5) is 4.13. The van der Waals surface area contributed by atoms with Gasteiger partial charge in [-0.05, 0) is 23.8 Å². The van der Waals surface area contributed by atoms with Crippen LogP contribution in [0.2, 0.25) is 0 Å². The van der Waals surface area contributed by atoms with E-state index in [1.54, 1.807) is 6.07 Å². The first kappa shape index (κ1) is 10.6. The Morgan fingerprint density at radius 1 is 1.47 bits per heavy atom. The monoisotopic (exact) mass is 286 g/mol. The van der Waals surface area contributed by atoms with Gasteiger partial charge in [-0.25, -0.2) is 9.37 Å². The van der Waals surface area contributed by atoms with Crippen molar-refractivity contribution in [2.75, 3.05) is 5.73 Å². The molecular formula is C10H8BrFN2S. The molecule has 15 heavy (non-hydrogen) atoms. The Morgan fingerprint density at radius 3 is 2.93 bits per heavy atom. The Balaban J connectivity index is 2.27. The molecule has 0 aliphatic carbocycles. The third-order valence-corrected chi connectivity index (χ3v) is 3.45. The van der Waals surface area contributed by atoms with Crippen LogP contribution in [-0.2, 0) is 6.42 Å². The molecule has 78 valence electrons. The van der Waals surface area contributed by atoms with Gasteiger partial charge in [-0.3, -0.25) is 0 Å². The van der Waals surface area contributed by atoms with Gasteiger partial charge < -0.3 is 5.73 Å². The van der Waals surface area contributed by atoms with Crippen LogP contribution < -0.4 is 5.73 Å². The zero-order valence-corrected chi connectivity index (χ0v) is 10.1. The maximum absolute atomic E-state index is 13.0. The summed E-state index contributed by atoms with van der Waals surface area (Å²) >= 11 is 4.76. The molecule has 1 aromatic heterocycles. The highest BCUT2D eigenvalue weighted by molar-refractivity contribution is 9.10. The lowest BCUT2D eigenvalue weighted by Gasteiger charge is -2.01. The minimum atomic E-state index is -0.239. The summed E-state index contributed by atoms with van der Waals surface area (Å²) in [7, 11) is 0. The van der Waals surface area contributed by atoms with Gasteiger partial charge in [0.15, 0.2) is 5.13 Å². The summed E-state index contributed by atoms with van der Waals surface area (Å²) in [5.41, 5.74) is 7.26. The van der Waals surface area contributed by atoms with Crippen LogP contribution in [0.15, 0.2) is 28.1 Å². The molecule has 1 aromatic carbocycles. The molecule has 2 N–H and O–H groups in total. The Kier molecular flexibility index (Phi) is 3.02. The highest BCUT2D eigenvalue weighted by Crippen LogP contribution is 2.22. The largest absolute Gasteiger partial charge is 0.375 e. The fourth-order valence-corrected chi connectivity index (χ4v) is 2.23. The van der Waals surface area contributed by atoms with E-state index in [0.29, 0.717) is 11.6 Å². The van der Waals surface area contributed by atoms with Crippen molar-refractivity contribution < 1.29 is 4.39 Å². The van der Waals surface area contributed by atoms with E-state index >= 15 is 0 Å². The van der Waals surface area contributed by atoms with Gasteiger partial charge in [0, 0.05) is 16.3 Å². The molecule has 0 aliphatic heterocycles. The Hall–Kier alpha value is -0.940. The van der Waals surface area contributed by atoms with Gasteiger partial charge in [0.1, 0.15) is 5.82 Å². The number of halogens is 2. The van der Waals surface area contributed by atoms with Gasteiger partial charge >= 0.3 is 0 Å². The van der Waals surface area contributed by atoms with E-state index in [9.17, 15) is 4.39 Å². The van der Waals surface area contributed by atoms with Crippen LogP contribution in [0.25, 0.3) is 0 Å². The van der Waals surface area contributed by atoms with Crippen molar-refractivity contribution in [2.24, 2.45) is 0 Å². The van der Waals surface area contributed by atoms with Crippen molar-refractivity contribution >= 4 is 32.4 Å². The number of hydrogen-bond acceptors (Lipinski definition) is 3. The molecule has 2 rings (SSSR count). The van der Waals surface area contributed by atoms with Crippen molar-refractivity contribution in [3.8, 4) is 0 Å². The van der Waals surface area contributed by atoms with Crippen LogP contribution in [0.5, 0.6) is 0 Å². The van der Waals surface area contributed by atoms with E-state index in [-0.39, 0.29) is 5.82 Å².